The molecule has 0 aromatic carbocycles. The lowest BCUT2D eigenvalue weighted by Crippen LogP contribution is -2.28. The van der Waals surface area contributed by atoms with Gasteiger partial charge in [-0.15, -0.1) is 0 Å². The Labute approximate surface area is 109 Å². The Hall–Kier alpha value is -0.930. The van der Waals surface area contributed by atoms with Gasteiger partial charge in [0.05, 0.1) is 5.69 Å². The van der Waals surface area contributed by atoms with E-state index in [1.807, 2.05) is 6.20 Å². The Morgan fingerprint density at radius 1 is 1.11 bits per heavy atom. The SMILES string of the molecule is NCc1ccc(CN(CC2CC2)CC2CC2)nc1. The van der Waals surface area contributed by atoms with E-state index in [9.17, 15) is 0 Å². The van der Waals surface area contributed by atoms with E-state index in [4.69, 9.17) is 5.73 Å². The summed E-state index contributed by atoms with van der Waals surface area (Å²) in [5.74, 6) is 1.93. The van der Waals surface area contributed by atoms with Crippen LogP contribution in [-0.2, 0) is 13.1 Å². The van der Waals surface area contributed by atoms with Crippen molar-refractivity contribution in [2.45, 2.75) is 38.8 Å². The fourth-order valence-corrected chi connectivity index (χ4v) is 2.43. The summed E-state index contributed by atoms with van der Waals surface area (Å²) in [6, 6.07) is 4.24. The van der Waals surface area contributed by atoms with E-state index in [0.29, 0.717) is 6.54 Å². The van der Waals surface area contributed by atoms with Crippen LogP contribution in [0.25, 0.3) is 0 Å². The number of hydrogen-bond acceptors (Lipinski definition) is 3. The largest absolute Gasteiger partial charge is 0.326 e. The van der Waals surface area contributed by atoms with E-state index in [2.05, 4.69) is 22.0 Å². The number of pyridine rings is 1. The molecule has 0 unspecified atom stereocenters. The first-order valence-electron chi connectivity index (χ1n) is 7.19. The van der Waals surface area contributed by atoms with Crippen molar-refractivity contribution >= 4 is 0 Å². The van der Waals surface area contributed by atoms with Crippen molar-refractivity contribution < 1.29 is 0 Å². The van der Waals surface area contributed by atoms with Gasteiger partial charge in [0.1, 0.15) is 0 Å². The van der Waals surface area contributed by atoms with Crippen LogP contribution in [0.1, 0.15) is 36.9 Å². The molecule has 0 spiro atoms. The molecule has 0 atom stereocenters. The van der Waals surface area contributed by atoms with Crippen molar-refractivity contribution in [1.82, 2.24) is 9.88 Å². The summed E-state index contributed by atoms with van der Waals surface area (Å²) in [5, 5.41) is 0. The van der Waals surface area contributed by atoms with E-state index in [1.54, 1.807) is 0 Å². The van der Waals surface area contributed by atoms with Crippen LogP contribution in [0.15, 0.2) is 18.3 Å². The fraction of sp³-hybridized carbons (Fsp3) is 0.667. The molecule has 2 fully saturated rings. The lowest BCUT2D eigenvalue weighted by Gasteiger charge is -2.21. The summed E-state index contributed by atoms with van der Waals surface area (Å²) in [7, 11) is 0. The minimum Gasteiger partial charge on any atom is -0.326 e. The second kappa shape index (κ2) is 5.37. The molecule has 3 rings (SSSR count). The van der Waals surface area contributed by atoms with Crippen LogP contribution in [-0.4, -0.2) is 23.0 Å². The maximum atomic E-state index is 5.60. The molecule has 1 aromatic rings. The quantitative estimate of drug-likeness (QED) is 0.800. The first-order chi connectivity index (χ1) is 8.83. The van der Waals surface area contributed by atoms with Gasteiger partial charge in [-0.05, 0) is 49.1 Å². The third-order valence-corrected chi connectivity index (χ3v) is 3.93. The molecular formula is C15H23N3. The third kappa shape index (κ3) is 3.53. The van der Waals surface area contributed by atoms with Gasteiger partial charge in [-0.2, -0.15) is 0 Å². The van der Waals surface area contributed by atoms with Crippen molar-refractivity contribution in [3.63, 3.8) is 0 Å². The highest BCUT2D eigenvalue weighted by Gasteiger charge is 2.29. The smallest absolute Gasteiger partial charge is 0.0544 e. The highest BCUT2D eigenvalue weighted by Crippen LogP contribution is 2.34. The standard InChI is InChI=1S/C15H23N3/c16-7-14-5-6-15(17-8-14)11-18(9-12-1-2-12)10-13-3-4-13/h5-6,8,12-13H,1-4,7,9-11,16H2. The number of rotatable bonds is 7. The highest BCUT2D eigenvalue weighted by molar-refractivity contribution is 5.13. The van der Waals surface area contributed by atoms with E-state index < -0.39 is 0 Å². The first kappa shape index (κ1) is 12.1. The number of nitrogens with two attached hydrogens (primary N) is 1. The van der Waals surface area contributed by atoms with Crippen LogP contribution >= 0.6 is 0 Å². The average Bonchev–Trinajstić information content (AvgIpc) is 3.26. The van der Waals surface area contributed by atoms with Crippen molar-refractivity contribution in [3.8, 4) is 0 Å². The summed E-state index contributed by atoms with van der Waals surface area (Å²) >= 11 is 0. The molecule has 3 nitrogen and oxygen atoms in total. The Bertz CT molecular complexity index is 365. The van der Waals surface area contributed by atoms with Gasteiger partial charge in [0.15, 0.2) is 0 Å². The molecule has 2 saturated carbocycles. The molecule has 1 heterocycles. The Kier molecular flexibility index (Phi) is 3.62. The van der Waals surface area contributed by atoms with Gasteiger partial charge in [-0.3, -0.25) is 9.88 Å². The van der Waals surface area contributed by atoms with Crippen molar-refractivity contribution in [1.29, 1.82) is 0 Å². The molecule has 2 aliphatic carbocycles. The summed E-state index contributed by atoms with van der Waals surface area (Å²) in [6.07, 6.45) is 7.64. The van der Waals surface area contributed by atoms with E-state index in [1.165, 1.54) is 44.5 Å². The second-order valence-corrected chi connectivity index (χ2v) is 5.94. The molecule has 0 bridgehead atoms. The Morgan fingerprint density at radius 2 is 1.78 bits per heavy atom. The molecular weight excluding hydrogens is 222 g/mol. The van der Waals surface area contributed by atoms with Crippen molar-refractivity contribution in [2.75, 3.05) is 13.1 Å². The minimum absolute atomic E-state index is 0.584. The van der Waals surface area contributed by atoms with Crippen LogP contribution in [0.4, 0.5) is 0 Å². The molecule has 0 amide bonds. The second-order valence-electron chi connectivity index (χ2n) is 5.94. The maximum Gasteiger partial charge on any atom is 0.0544 e. The first-order valence-corrected chi connectivity index (χ1v) is 7.19. The maximum absolute atomic E-state index is 5.60. The molecule has 98 valence electrons. The zero-order valence-corrected chi connectivity index (χ0v) is 11.0. The number of nitrogens with zero attached hydrogens (tertiary/aromatic N) is 2. The molecule has 0 radical (unpaired) electrons. The predicted octanol–water partition coefficient (Wildman–Crippen LogP) is 2.16. The lowest BCUT2D eigenvalue weighted by atomic mass is 10.2. The summed E-state index contributed by atoms with van der Waals surface area (Å²) in [6.45, 7) is 4.15. The highest BCUT2D eigenvalue weighted by atomic mass is 15.1. The zero-order chi connectivity index (χ0) is 12.4. The number of aromatic nitrogens is 1. The zero-order valence-electron chi connectivity index (χ0n) is 11.0. The molecule has 1 aromatic heterocycles. The van der Waals surface area contributed by atoms with Gasteiger partial charge in [0.25, 0.3) is 0 Å². The average molecular weight is 245 g/mol. The van der Waals surface area contributed by atoms with E-state index in [-0.39, 0.29) is 0 Å². The Balaban J connectivity index is 1.58. The molecule has 0 aliphatic heterocycles. The summed E-state index contributed by atoms with van der Waals surface area (Å²) in [4.78, 5) is 7.13. The molecule has 0 saturated heterocycles. The molecule has 18 heavy (non-hydrogen) atoms. The van der Waals surface area contributed by atoms with E-state index in [0.717, 1.165) is 23.9 Å². The summed E-state index contributed by atoms with van der Waals surface area (Å²) < 4.78 is 0. The number of hydrogen-bond donors (Lipinski definition) is 1. The van der Waals surface area contributed by atoms with Crippen LogP contribution in [0.2, 0.25) is 0 Å². The van der Waals surface area contributed by atoms with Gasteiger partial charge >= 0.3 is 0 Å². The van der Waals surface area contributed by atoms with Crippen molar-refractivity contribution in [3.05, 3.63) is 29.6 Å². The predicted molar refractivity (Wildman–Crippen MR) is 72.9 cm³/mol. The topological polar surface area (TPSA) is 42.1 Å². The Morgan fingerprint density at radius 3 is 2.22 bits per heavy atom. The van der Waals surface area contributed by atoms with Crippen molar-refractivity contribution in [2.24, 2.45) is 17.6 Å². The van der Waals surface area contributed by atoms with Crippen LogP contribution in [0.3, 0.4) is 0 Å². The van der Waals surface area contributed by atoms with Crippen LogP contribution in [0.5, 0.6) is 0 Å². The fourth-order valence-electron chi connectivity index (χ4n) is 2.43. The minimum atomic E-state index is 0.584. The lowest BCUT2D eigenvalue weighted by molar-refractivity contribution is 0.241. The molecule has 2 aliphatic rings. The summed E-state index contributed by atoms with van der Waals surface area (Å²) in [5.41, 5.74) is 7.91. The van der Waals surface area contributed by atoms with Gasteiger partial charge in [0, 0.05) is 32.4 Å². The monoisotopic (exact) mass is 245 g/mol. The van der Waals surface area contributed by atoms with Gasteiger partial charge < -0.3 is 5.73 Å². The van der Waals surface area contributed by atoms with Crippen LogP contribution < -0.4 is 5.73 Å². The van der Waals surface area contributed by atoms with Crippen LogP contribution in [0, 0.1) is 11.8 Å². The van der Waals surface area contributed by atoms with Gasteiger partial charge in [-0.1, -0.05) is 6.07 Å². The van der Waals surface area contributed by atoms with Gasteiger partial charge in [0.2, 0.25) is 0 Å². The molecule has 3 heteroatoms. The van der Waals surface area contributed by atoms with E-state index >= 15 is 0 Å². The molecule has 2 N–H and O–H groups in total. The third-order valence-electron chi connectivity index (χ3n) is 3.93. The normalized spacial score (nSPS) is 19.4. The van der Waals surface area contributed by atoms with Gasteiger partial charge in [-0.25, -0.2) is 0 Å².